The summed E-state index contributed by atoms with van der Waals surface area (Å²) < 4.78 is 1.56. The van der Waals surface area contributed by atoms with Crippen molar-refractivity contribution in [1.29, 1.82) is 0 Å². The van der Waals surface area contributed by atoms with Crippen LogP contribution < -0.4 is 10.6 Å². The number of anilines is 1. The molecule has 0 unspecified atom stereocenters. The minimum Gasteiger partial charge on any atom is -0.348 e. The van der Waals surface area contributed by atoms with Gasteiger partial charge in [-0.05, 0) is 42.0 Å². The Morgan fingerprint density at radius 3 is 2.43 bits per heavy atom. The van der Waals surface area contributed by atoms with Gasteiger partial charge >= 0.3 is 0 Å². The van der Waals surface area contributed by atoms with Crippen molar-refractivity contribution in [3.63, 3.8) is 0 Å². The maximum Gasteiger partial charge on any atom is 0.257 e. The Morgan fingerprint density at radius 2 is 1.62 bits per heavy atom. The van der Waals surface area contributed by atoms with Crippen molar-refractivity contribution >= 4 is 58.0 Å². The van der Waals surface area contributed by atoms with Crippen LogP contribution in [-0.4, -0.2) is 26.4 Å². The highest BCUT2D eigenvalue weighted by Gasteiger charge is 2.18. The topological polar surface area (TPSA) is 88.4 Å². The molecule has 7 nitrogen and oxygen atoms in total. The van der Waals surface area contributed by atoms with E-state index >= 15 is 0 Å². The summed E-state index contributed by atoms with van der Waals surface area (Å²) in [6.45, 7) is 0.263. The van der Waals surface area contributed by atoms with Crippen LogP contribution in [0.3, 0.4) is 0 Å². The van der Waals surface area contributed by atoms with E-state index in [1.807, 2.05) is 36.4 Å². The summed E-state index contributed by atoms with van der Waals surface area (Å²) in [5.41, 5.74) is 3.72. The van der Waals surface area contributed by atoms with Crippen LogP contribution in [0.15, 0.2) is 85.2 Å². The minimum atomic E-state index is -0.351. The summed E-state index contributed by atoms with van der Waals surface area (Å²) in [6, 6.07) is 21.0. The normalized spacial score (nSPS) is 10.9. The molecule has 0 radical (unpaired) electrons. The number of carbonyl (C=O) groups is 2. The Hall–Kier alpha value is -3.91. The summed E-state index contributed by atoms with van der Waals surface area (Å²) in [4.78, 5) is 30.2. The van der Waals surface area contributed by atoms with Gasteiger partial charge < -0.3 is 10.6 Å². The molecule has 5 rings (SSSR count). The number of hydrogen-bond donors (Lipinski definition) is 2. The molecule has 0 aliphatic rings. The number of rotatable bonds is 6. The molecule has 37 heavy (non-hydrogen) atoms. The number of halogens is 3. The van der Waals surface area contributed by atoms with Crippen molar-refractivity contribution < 1.29 is 9.59 Å². The zero-order chi connectivity index (χ0) is 25.9. The van der Waals surface area contributed by atoms with Crippen LogP contribution in [0.1, 0.15) is 26.3 Å². The van der Waals surface area contributed by atoms with E-state index in [0.29, 0.717) is 43.8 Å². The van der Waals surface area contributed by atoms with Crippen molar-refractivity contribution in [2.45, 2.75) is 6.54 Å². The molecule has 10 heteroatoms. The molecule has 3 aromatic carbocycles. The lowest BCUT2D eigenvalue weighted by Crippen LogP contribution is -2.23. The lowest BCUT2D eigenvalue weighted by Gasteiger charge is -2.13. The summed E-state index contributed by atoms with van der Waals surface area (Å²) >= 11 is 18.2. The number of amides is 2. The second-order valence-corrected chi connectivity index (χ2v) is 9.25. The minimum absolute atomic E-state index is 0.263. The molecule has 0 aliphatic carbocycles. The van der Waals surface area contributed by atoms with Gasteiger partial charge in [-0.25, -0.2) is 9.50 Å². The van der Waals surface area contributed by atoms with E-state index in [-0.39, 0.29) is 23.4 Å². The maximum absolute atomic E-state index is 12.9. The van der Waals surface area contributed by atoms with E-state index in [1.54, 1.807) is 41.0 Å². The van der Waals surface area contributed by atoms with Gasteiger partial charge in [0.2, 0.25) is 0 Å². The van der Waals surface area contributed by atoms with Gasteiger partial charge in [-0.1, -0.05) is 71.2 Å². The SMILES string of the molecule is O=C(Nc1ccccc1-c1ccnc2c(C(=O)NCc3ccccc3Cl)cnn12)c1ccc(Cl)c(Cl)c1. The Labute approximate surface area is 227 Å². The number of carbonyl (C=O) groups excluding carboxylic acids is 2. The van der Waals surface area contributed by atoms with Crippen molar-refractivity contribution in [3.05, 3.63) is 117 Å². The van der Waals surface area contributed by atoms with Gasteiger partial charge in [0, 0.05) is 28.9 Å². The molecule has 0 saturated carbocycles. The first-order valence-electron chi connectivity index (χ1n) is 11.1. The van der Waals surface area contributed by atoms with Crippen LogP contribution in [0.25, 0.3) is 16.9 Å². The zero-order valence-electron chi connectivity index (χ0n) is 19.1. The summed E-state index contributed by atoms with van der Waals surface area (Å²) in [5.74, 6) is -0.683. The first-order valence-corrected chi connectivity index (χ1v) is 12.3. The van der Waals surface area contributed by atoms with Gasteiger partial charge in [-0.3, -0.25) is 9.59 Å². The highest BCUT2D eigenvalue weighted by Crippen LogP contribution is 2.30. The molecule has 0 spiro atoms. The number of fused-ring (bicyclic) bond motifs is 1. The lowest BCUT2D eigenvalue weighted by molar-refractivity contribution is 0.0951. The van der Waals surface area contributed by atoms with Crippen molar-refractivity contribution in [3.8, 4) is 11.3 Å². The van der Waals surface area contributed by atoms with E-state index in [9.17, 15) is 9.59 Å². The summed E-state index contributed by atoms with van der Waals surface area (Å²) in [5, 5.41) is 11.4. The predicted octanol–water partition coefficient (Wildman–Crippen LogP) is 6.54. The van der Waals surface area contributed by atoms with Gasteiger partial charge in [-0.2, -0.15) is 5.10 Å². The van der Waals surface area contributed by atoms with Crippen molar-refractivity contribution in [1.82, 2.24) is 19.9 Å². The molecule has 0 fully saturated rings. The Bertz CT molecular complexity index is 1650. The lowest BCUT2D eigenvalue weighted by atomic mass is 10.1. The largest absolute Gasteiger partial charge is 0.348 e. The Morgan fingerprint density at radius 1 is 0.838 bits per heavy atom. The number of hydrogen-bond acceptors (Lipinski definition) is 4. The molecule has 2 N–H and O–H groups in total. The second-order valence-electron chi connectivity index (χ2n) is 8.03. The van der Waals surface area contributed by atoms with Crippen molar-refractivity contribution in [2.75, 3.05) is 5.32 Å². The van der Waals surface area contributed by atoms with Crippen molar-refractivity contribution in [2.24, 2.45) is 0 Å². The average molecular weight is 551 g/mol. The fourth-order valence-electron chi connectivity index (χ4n) is 3.82. The number of nitrogens with one attached hydrogen (secondary N) is 2. The molecule has 184 valence electrons. The van der Waals surface area contributed by atoms with Gasteiger partial charge in [0.1, 0.15) is 5.56 Å². The summed E-state index contributed by atoms with van der Waals surface area (Å²) in [6.07, 6.45) is 3.05. The Balaban J connectivity index is 1.44. The van der Waals surface area contributed by atoms with Crippen LogP contribution in [0, 0.1) is 0 Å². The molecule has 2 heterocycles. The molecular weight excluding hydrogens is 533 g/mol. The third kappa shape index (κ3) is 5.15. The predicted molar refractivity (Wildman–Crippen MR) is 145 cm³/mol. The van der Waals surface area contributed by atoms with E-state index in [2.05, 4.69) is 20.7 Å². The maximum atomic E-state index is 12.9. The number of nitrogens with zero attached hydrogens (tertiary/aromatic N) is 3. The fourth-order valence-corrected chi connectivity index (χ4v) is 4.32. The quantitative estimate of drug-likeness (QED) is 0.251. The highest BCUT2D eigenvalue weighted by atomic mass is 35.5. The molecule has 0 saturated heterocycles. The molecule has 0 aliphatic heterocycles. The molecular formula is C27H18Cl3N5O2. The van der Waals surface area contributed by atoms with E-state index < -0.39 is 0 Å². The monoisotopic (exact) mass is 549 g/mol. The molecule has 0 atom stereocenters. The summed E-state index contributed by atoms with van der Waals surface area (Å²) in [7, 11) is 0. The highest BCUT2D eigenvalue weighted by molar-refractivity contribution is 6.42. The first kappa shape index (κ1) is 24.8. The Kier molecular flexibility index (Phi) is 7.10. The zero-order valence-corrected chi connectivity index (χ0v) is 21.3. The molecule has 2 amide bonds. The van der Waals surface area contributed by atoms with Crippen LogP contribution in [-0.2, 0) is 6.54 Å². The smallest absolute Gasteiger partial charge is 0.257 e. The van der Waals surface area contributed by atoms with Crippen LogP contribution in [0.5, 0.6) is 0 Å². The van der Waals surface area contributed by atoms with Gasteiger partial charge in [0.05, 0.1) is 27.6 Å². The molecule has 0 bridgehead atoms. The number of benzene rings is 3. The van der Waals surface area contributed by atoms with Crippen LogP contribution >= 0.6 is 34.8 Å². The average Bonchev–Trinajstić information content (AvgIpc) is 3.34. The van der Waals surface area contributed by atoms with Gasteiger partial charge in [-0.15, -0.1) is 0 Å². The van der Waals surface area contributed by atoms with E-state index in [1.165, 1.54) is 12.3 Å². The molecule has 5 aromatic rings. The van der Waals surface area contributed by atoms with Crippen LogP contribution in [0.2, 0.25) is 15.1 Å². The number of aromatic nitrogens is 3. The standard InChI is InChI=1S/C27H18Cl3N5O2/c28-20-7-3-1-5-17(20)14-32-27(37)19-15-33-35-24(11-12-31-25(19)35)18-6-2-4-8-23(18)34-26(36)16-9-10-21(29)22(30)13-16/h1-13,15H,14H2,(H,32,37)(H,34,36). The second kappa shape index (κ2) is 10.6. The van der Waals surface area contributed by atoms with Gasteiger partial charge in [0.15, 0.2) is 5.65 Å². The van der Waals surface area contributed by atoms with Gasteiger partial charge in [0.25, 0.3) is 11.8 Å². The molecule has 2 aromatic heterocycles. The number of para-hydroxylation sites is 1. The first-order chi connectivity index (χ1) is 17.9. The van der Waals surface area contributed by atoms with Crippen LogP contribution in [0.4, 0.5) is 5.69 Å². The van der Waals surface area contributed by atoms with E-state index in [4.69, 9.17) is 34.8 Å². The fraction of sp³-hybridized carbons (Fsp3) is 0.0370. The third-order valence-corrected chi connectivity index (χ3v) is 6.78. The third-order valence-electron chi connectivity index (χ3n) is 5.68. The van der Waals surface area contributed by atoms with E-state index in [0.717, 1.165) is 5.56 Å².